The van der Waals surface area contributed by atoms with Crippen molar-refractivity contribution >= 4 is 0 Å². The first-order chi connectivity index (χ1) is 14.7. The van der Waals surface area contributed by atoms with E-state index in [1.165, 1.54) is 12.2 Å². The van der Waals surface area contributed by atoms with Gasteiger partial charge in [0.1, 0.15) is 12.2 Å². The number of piperidine rings is 1. The molecule has 1 aromatic rings. The van der Waals surface area contributed by atoms with Gasteiger partial charge in [-0.25, -0.2) is 0 Å². The van der Waals surface area contributed by atoms with Gasteiger partial charge >= 0.3 is 0 Å². The van der Waals surface area contributed by atoms with Crippen molar-refractivity contribution < 1.29 is 26.9 Å². The number of aliphatic hydroxyl groups excluding tert-OH is 1. The van der Waals surface area contributed by atoms with E-state index in [-0.39, 0.29) is 29.8 Å². The highest BCUT2D eigenvalue weighted by Gasteiger charge is 2.64. The normalized spacial score (nSPS) is 57.1. The molecule has 0 radical (unpaired) electrons. The number of nitrogens with zero attached hydrogens (tertiary/aromatic N) is 1. The summed E-state index contributed by atoms with van der Waals surface area (Å²) in [6, 6.07) is -2.37. The summed E-state index contributed by atoms with van der Waals surface area (Å²) in [6.45, 7) is 0.289. The van der Waals surface area contributed by atoms with E-state index in [0.717, 1.165) is 0 Å². The molecule has 2 aliphatic carbocycles. The molecule has 4 aliphatic rings. The maximum absolute atomic E-state index is 9.48. The molecule has 1 saturated heterocycles. The molecule has 5 atom stereocenters. The lowest BCUT2D eigenvalue weighted by Crippen LogP contribution is -2.64. The number of ether oxygens (including phenoxy) is 2. The lowest BCUT2D eigenvalue weighted by molar-refractivity contribution is -0.0453. The molecule has 2 aliphatic heterocycles. The van der Waals surface area contributed by atoms with Gasteiger partial charge in [-0.2, -0.15) is 0 Å². The van der Waals surface area contributed by atoms with Gasteiger partial charge < -0.3 is 19.5 Å². The first-order valence-electron chi connectivity index (χ1n) is 12.2. The molecule has 4 nitrogen and oxygen atoms in total. The molecule has 1 fully saturated rings. The predicted octanol–water partition coefficient (Wildman–Crippen LogP) is 1.50. The Bertz CT molecular complexity index is 1060. The third-order valence-corrected chi connectivity index (χ3v) is 5.20. The van der Waals surface area contributed by atoms with Gasteiger partial charge in [-0.15, -0.1) is 0 Å². The fourth-order valence-corrected chi connectivity index (χ4v) is 4.23. The monoisotopic (exact) mass is 309 g/mol. The second-order valence-electron chi connectivity index (χ2n) is 6.14. The van der Waals surface area contributed by atoms with E-state index >= 15 is 0 Å². The molecule has 0 amide bonds. The Balaban J connectivity index is 1.97. The van der Waals surface area contributed by atoms with E-state index in [4.69, 9.17) is 25.6 Å². The van der Waals surface area contributed by atoms with Gasteiger partial charge in [-0.05, 0) is 38.0 Å². The maximum Gasteiger partial charge on any atom is 0.211 e. The topological polar surface area (TPSA) is 41.9 Å². The van der Waals surface area contributed by atoms with Gasteiger partial charge in [-0.1, -0.05) is 18.2 Å². The zero-order valence-electron chi connectivity index (χ0n) is 21.9. The summed E-state index contributed by atoms with van der Waals surface area (Å²) in [4.78, 5) is 1.67. The van der Waals surface area contributed by atoms with Gasteiger partial charge in [-0.3, -0.25) is 0 Å². The molecule has 0 saturated carbocycles. The van der Waals surface area contributed by atoms with E-state index in [0.29, 0.717) is 0 Å². The number of likely N-dealkylation sites (N-methyl/N-ethyl adjacent to an activating group) is 1. The molecule has 4 heteroatoms. The quantitative estimate of drug-likeness (QED) is 0.841. The van der Waals surface area contributed by atoms with Crippen molar-refractivity contribution in [1.82, 2.24) is 4.90 Å². The number of likely N-dealkylation sites (tertiary alicyclic amines) is 1. The Morgan fingerprint density at radius 3 is 3.45 bits per heavy atom. The minimum atomic E-state index is -3.00. The highest BCUT2D eigenvalue weighted by molar-refractivity contribution is 5.62. The molecule has 1 spiro atoms. The number of benzene rings is 1. The van der Waals surface area contributed by atoms with E-state index in [1.807, 2.05) is 0 Å². The summed E-state index contributed by atoms with van der Waals surface area (Å²) < 4.78 is 94.7. The van der Waals surface area contributed by atoms with Gasteiger partial charge in [0, 0.05) is 27.0 Å². The molecule has 5 rings (SSSR count). The Hall–Kier alpha value is -1.52. The maximum atomic E-state index is 9.48. The van der Waals surface area contributed by atoms with Crippen LogP contribution in [0.5, 0.6) is 11.5 Å². The summed E-state index contributed by atoms with van der Waals surface area (Å²) in [5, 5.41) is 4.78. The Labute approximate surface area is 144 Å². The van der Waals surface area contributed by atoms with Gasteiger partial charge in [0.2, 0.25) is 1.43 Å². The highest BCUT2D eigenvalue weighted by Crippen LogP contribution is 2.62. The standard InChI is InChI=1S/C18H21NO3/c1-19-8-7-18-11-4-5-13(20)17(18)22-16-14(21-2)6-3-10(15(16)18)9-12(11)19/h3-6,11-13,17,20H,7-9H2,1-2H3/t11-,12+,13?,17?,18-/m0/s1/i2D3,3D,6D,9D2,11D,17D,20D. The zero-order chi connectivity index (χ0) is 23.6. The molecule has 116 valence electrons. The molecule has 2 unspecified atom stereocenters. The molecule has 22 heavy (non-hydrogen) atoms. The lowest BCUT2D eigenvalue weighted by Gasteiger charge is -2.56. The van der Waals surface area contributed by atoms with E-state index in [2.05, 4.69) is 0 Å². The third-order valence-electron chi connectivity index (χ3n) is 5.20. The van der Waals surface area contributed by atoms with Gasteiger partial charge in [0.15, 0.2) is 11.5 Å². The number of hydrogen-bond donors (Lipinski definition) is 1. The fraction of sp³-hybridized carbons (Fsp3) is 0.556. The van der Waals surface area contributed by atoms with Gasteiger partial charge in [0.05, 0.1) is 15.3 Å². The van der Waals surface area contributed by atoms with Crippen molar-refractivity contribution in [1.29, 1.82) is 1.43 Å². The number of aliphatic hydroxyl groups is 1. The summed E-state index contributed by atoms with van der Waals surface area (Å²) in [5.41, 5.74) is -1.78. The molecule has 1 aromatic carbocycles. The average molecular weight is 309 g/mol. The van der Waals surface area contributed by atoms with Crippen LogP contribution in [0.15, 0.2) is 24.2 Å². The van der Waals surface area contributed by atoms with Crippen LogP contribution in [0.1, 0.15) is 29.9 Å². The van der Waals surface area contributed by atoms with Gasteiger partial charge in [0.25, 0.3) is 0 Å². The first kappa shape index (κ1) is 6.54. The minimum Gasteiger partial charge on any atom is -0.493 e. The largest absolute Gasteiger partial charge is 0.493 e. The van der Waals surface area contributed by atoms with Crippen LogP contribution in [-0.4, -0.2) is 50.3 Å². The van der Waals surface area contributed by atoms with Crippen LogP contribution in [0.3, 0.4) is 0 Å². The summed E-state index contributed by atoms with van der Waals surface area (Å²) in [5.74, 6) is -2.68. The van der Waals surface area contributed by atoms with Crippen LogP contribution in [-0.2, 0) is 11.8 Å². The highest BCUT2D eigenvalue weighted by atomic mass is 16.5. The molecule has 1 N–H and O–H groups in total. The Kier molecular flexibility index (Phi) is 1.21. The van der Waals surface area contributed by atoms with Crippen molar-refractivity contribution in [3.63, 3.8) is 0 Å². The second-order valence-corrected chi connectivity index (χ2v) is 6.14. The van der Waals surface area contributed by atoms with Crippen LogP contribution in [0.25, 0.3) is 0 Å². The Morgan fingerprint density at radius 1 is 1.64 bits per heavy atom. The second kappa shape index (κ2) is 4.06. The van der Waals surface area contributed by atoms with E-state index in [1.54, 1.807) is 11.9 Å². The first-order valence-corrected chi connectivity index (χ1v) is 7.25. The van der Waals surface area contributed by atoms with Crippen molar-refractivity contribution in [3.05, 3.63) is 35.4 Å². The van der Waals surface area contributed by atoms with Crippen LogP contribution < -0.4 is 9.47 Å². The molecule has 2 bridgehead atoms. The summed E-state index contributed by atoms with van der Waals surface area (Å²) in [6.07, 6.45) is -2.82. The summed E-state index contributed by atoms with van der Waals surface area (Å²) >= 11 is 0. The number of rotatable bonds is 2. The minimum absolute atomic E-state index is 0.00324. The lowest BCUT2D eigenvalue weighted by atomic mass is 9.53. The third kappa shape index (κ3) is 1.28. The van der Waals surface area contributed by atoms with Crippen molar-refractivity contribution in [2.45, 2.75) is 36.4 Å². The zero-order valence-corrected chi connectivity index (χ0v) is 11.9. The smallest absolute Gasteiger partial charge is 0.211 e. The summed E-state index contributed by atoms with van der Waals surface area (Å²) in [7, 11) is -1.33. The Morgan fingerprint density at radius 2 is 2.59 bits per heavy atom. The number of methoxy groups -OCH3 is 1. The van der Waals surface area contributed by atoms with E-state index in [9.17, 15) is 2.74 Å². The number of hydrogen-bond acceptors (Lipinski definition) is 4. The SMILES string of the molecule is [2H]OC1C=C[C@@]2([2H])[C@@H]3N(C)CC[C@@]24c2c(c(OC([2H])([2H])[2H])c([2H])c([2H])c2C3([2H])[2H])OC14[2H]. The predicted molar refractivity (Wildman–Crippen MR) is 82.5 cm³/mol. The van der Waals surface area contributed by atoms with Crippen LogP contribution in [0, 0.1) is 5.89 Å². The van der Waals surface area contributed by atoms with Crippen molar-refractivity contribution in [2.24, 2.45) is 5.89 Å². The van der Waals surface area contributed by atoms with Crippen molar-refractivity contribution in [2.75, 3.05) is 20.6 Å². The average Bonchev–Trinajstić information content (AvgIpc) is 2.92. The molecule has 2 heterocycles. The molecule has 0 aromatic heterocycles. The molecular weight excluding hydrogens is 278 g/mol. The van der Waals surface area contributed by atoms with Crippen LogP contribution >= 0.6 is 0 Å². The fourth-order valence-electron chi connectivity index (χ4n) is 4.23. The van der Waals surface area contributed by atoms with E-state index < -0.39 is 60.8 Å². The molecular formula is C18H21NO3. The van der Waals surface area contributed by atoms with Crippen LogP contribution in [0.4, 0.5) is 0 Å². The van der Waals surface area contributed by atoms with Crippen LogP contribution in [0.2, 0.25) is 0 Å². The van der Waals surface area contributed by atoms with Crippen molar-refractivity contribution in [3.8, 4) is 11.5 Å².